The van der Waals surface area contributed by atoms with Gasteiger partial charge in [-0.2, -0.15) is 0 Å². The third-order valence-corrected chi connectivity index (χ3v) is 6.29. The normalized spacial score (nSPS) is 18.5. The first-order chi connectivity index (χ1) is 15.6. The molecule has 178 valence electrons. The van der Waals surface area contributed by atoms with Gasteiger partial charge in [0.2, 0.25) is 0 Å². The minimum atomic E-state index is -0.293. The van der Waals surface area contributed by atoms with Crippen molar-refractivity contribution in [2.75, 3.05) is 70.5 Å². The van der Waals surface area contributed by atoms with E-state index >= 15 is 0 Å². The molecule has 3 rings (SSSR count). The van der Waals surface area contributed by atoms with Crippen LogP contribution in [0.2, 0.25) is 0 Å². The average Bonchev–Trinajstić information content (AvgIpc) is 2.81. The van der Waals surface area contributed by atoms with Gasteiger partial charge in [-0.05, 0) is 44.2 Å². The number of ether oxygens (including phenoxy) is 2. The first-order valence-corrected chi connectivity index (χ1v) is 12.1. The highest BCUT2D eigenvalue weighted by Gasteiger charge is 2.25. The van der Waals surface area contributed by atoms with Crippen LogP contribution in [0.25, 0.3) is 0 Å². The van der Waals surface area contributed by atoms with Crippen LogP contribution in [0.3, 0.4) is 0 Å². The molecule has 2 fully saturated rings. The predicted octanol–water partition coefficient (Wildman–Crippen LogP) is 2.44. The minimum absolute atomic E-state index is 0.122. The molecule has 0 N–H and O–H groups in total. The molecule has 0 aliphatic carbocycles. The highest BCUT2D eigenvalue weighted by Crippen LogP contribution is 2.23. The van der Waals surface area contributed by atoms with Gasteiger partial charge in [0, 0.05) is 52.0 Å². The number of nitrogens with zero attached hydrogens (tertiary/aromatic N) is 4. The number of hydrogen-bond donors (Lipinski definition) is 0. The van der Waals surface area contributed by atoms with Crippen molar-refractivity contribution in [1.29, 1.82) is 0 Å². The van der Waals surface area contributed by atoms with Gasteiger partial charge in [0.1, 0.15) is 5.82 Å². The van der Waals surface area contributed by atoms with Gasteiger partial charge in [0.05, 0.1) is 25.3 Å². The van der Waals surface area contributed by atoms with Crippen LogP contribution in [0.1, 0.15) is 49.9 Å². The second-order valence-electron chi connectivity index (χ2n) is 8.71. The fourth-order valence-electron chi connectivity index (χ4n) is 4.32. The Bertz CT molecular complexity index is 711. The van der Waals surface area contributed by atoms with Crippen molar-refractivity contribution in [3.05, 3.63) is 23.9 Å². The molecular weight excluding hydrogens is 408 g/mol. The summed E-state index contributed by atoms with van der Waals surface area (Å²) in [5, 5.41) is 0. The van der Waals surface area contributed by atoms with Crippen molar-refractivity contribution in [2.24, 2.45) is 5.92 Å². The van der Waals surface area contributed by atoms with Crippen LogP contribution in [0.5, 0.6) is 0 Å². The molecule has 2 aliphatic rings. The summed E-state index contributed by atoms with van der Waals surface area (Å²) in [5.41, 5.74) is 0.516. The van der Waals surface area contributed by atoms with E-state index in [9.17, 15) is 9.59 Å². The lowest BCUT2D eigenvalue weighted by molar-refractivity contribution is -0.144. The van der Waals surface area contributed by atoms with Crippen molar-refractivity contribution in [3.8, 4) is 0 Å². The van der Waals surface area contributed by atoms with E-state index in [0.717, 1.165) is 77.3 Å². The Hall–Kier alpha value is -2.19. The SMILES string of the molecule is CCCCOC(=O)c1ccc(N2CCC(CN3CCN(CC(=O)OCC)CC3)CC2)nc1. The maximum atomic E-state index is 12.0. The van der Waals surface area contributed by atoms with Crippen LogP contribution < -0.4 is 4.90 Å². The van der Waals surface area contributed by atoms with E-state index in [1.807, 2.05) is 19.1 Å². The van der Waals surface area contributed by atoms with Gasteiger partial charge in [-0.15, -0.1) is 0 Å². The molecule has 8 nitrogen and oxygen atoms in total. The number of carbonyl (C=O) groups is 2. The lowest BCUT2D eigenvalue weighted by Crippen LogP contribution is -2.50. The fourth-order valence-corrected chi connectivity index (χ4v) is 4.32. The predicted molar refractivity (Wildman–Crippen MR) is 124 cm³/mol. The van der Waals surface area contributed by atoms with E-state index < -0.39 is 0 Å². The smallest absolute Gasteiger partial charge is 0.339 e. The molecule has 0 amide bonds. The molecule has 3 heterocycles. The number of pyridine rings is 1. The standard InChI is InChI=1S/C24H38N4O4/c1-3-5-16-32-24(30)21-6-7-22(25-17-21)28-10-8-20(9-11-28)18-26-12-14-27(15-13-26)19-23(29)31-4-2/h6-7,17,20H,3-5,8-16,18-19H2,1-2H3. The Morgan fingerprint density at radius 2 is 1.72 bits per heavy atom. The Morgan fingerprint density at radius 3 is 2.34 bits per heavy atom. The molecule has 0 aromatic carbocycles. The third-order valence-electron chi connectivity index (χ3n) is 6.29. The van der Waals surface area contributed by atoms with E-state index in [1.165, 1.54) is 0 Å². The summed E-state index contributed by atoms with van der Waals surface area (Å²) in [4.78, 5) is 35.2. The van der Waals surface area contributed by atoms with E-state index in [1.54, 1.807) is 6.20 Å². The molecular formula is C24H38N4O4. The minimum Gasteiger partial charge on any atom is -0.465 e. The van der Waals surface area contributed by atoms with E-state index in [4.69, 9.17) is 9.47 Å². The molecule has 0 atom stereocenters. The van der Waals surface area contributed by atoms with E-state index in [2.05, 4.69) is 26.6 Å². The molecule has 0 saturated carbocycles. The maximum absolute atomic E-state index is 12.0. The number of unbranched alkanes of at least 4 members (excludes halogenated alkanes) is 1. The van der Waals surface area contributed by atoms with Crippen LogP contribution in [0.15, 0.2) is 18.3 Å². The van der Waals surface area contributed by atoms with Crippen molar-refractivity contribution in [2.45, 2.75) is 39.5 Å². The second-order valence-corrected chi connectivity index (χ2v) is 8.71. The Kier molecular flexibility index (Phi) is 9.74. The zero-order chi connectivity index (χ0) is 22.8. The van der Waals surface area contributed by atoms with Crippen LogP contribution in [-0.2, 0) is 14.3 Å². The summed E-state index contributed by atoms with van der Waals surface area (Å²) in [5.74, 6) is 1.21. The fraction of sp³-hybridized carbons (Fsp3) is 0.708. The number of esters is 2. The van der Waals surface area contributed by atoms with Crippen molar-refractivity contribution < 1.29 is 19.1 Å². The quantitative estimate of drug-likeness (QED) is 0.401. The van der Waals surface area contributed by atoms with Gasteiger partial charge in [-0.25, -0.2) is 9.78 Å². The van der Waals surface area contributed by atoms with Gasteiger partial charge >= 0.3 is 11.9 Å². The number of piperidine rings is 1. The maximum Gasteiger partial charge on any atom is 0.339 e. The van der Waals surface area contributed by atoms with Gasteiger partial charge in [-0.1, -0.05) is 13.3 Å². The summed E-state index contributed by atoms with van der Waals surface area (Å²) < 4.78 is 10.3. The molecule has 32 heavy (non-hydrogen) atoms. The number of piperazine rings is 1. The number of anilines is 1. The molecule has 0 bridgehead atoms. The van der Waals surface area contributed by atoms with E-state index in [0.29, 0.717) is 31.2 Å². The molecule has 8 heteroatoms. The number of hydrogen-bond acceptors (Lipinski definition) is 8. The lowest BCUT2D eigenvalue weighted by Gasteiger charge is -2.38. The van der Waals surface area contributed by atoms with Crippen molar-refractivity contribution in [1.82, 2.24) is 14.8 Å². The third kappa shape index (κ3) is 7.45. The van der Waals surface area contributed by atoms with Crippen molar-refractivity contribution >= 4 is 17.8 Å². The monoisotopic (exact) mass is 446 g/mol. The Labute approximate surface area is 191 Å². The molecule has 1 aromatic heterocycles. The van der Waals surface area contributed by atoms with Gasteiger partial charge in [0.25, 0.3) is 0 Å². The Balaban J connectivity index is 1.36. The number of carbonyl (C=O) groups excluding carboxylic acids is 2. The summed E-state index contributed by atoms with van der Waals surface area (Å²) in [6.07, 6.45) is 5.81. The largest absolute Gasteiger partial charge is 0.465 e. The topological polar surface area (TPSA) is 75.2 Å². The molecule has 0 unspecified atom stereocenters. The van der Waals surface area contributed by atoms with Crippen LogP contribution >= 0.6 is 0 Å². The molecule has 1 aromatic rings. The zero-order valence-electron chi connectivity index (χ0n) is 19.6. The number of rotatable bonds is 10. The average molecular weight is 447 g/mol. The summed E-state index contributed by atoms with van der Waals surface area (Å²) in [6.45, 7) is 12.2. The van der Waals surface area contributed by atoms with Gasteiger partial charge < -0.3 is 19.3 Å². The van der Waals surface area contributed by atoms with Crippen LogP contribution in [0.4, 0.5) is 5.82 Å². The van der Waals surface area contributed by atoms with Crippen LogP contribution in [-0.4, -0.2) is 92.3 Å². The highest BCUT2D eigenvalue weighted by atomic mass is 16.5. The first kappa shape index (κ1) is 24.5. The summed E-state index contributed by atoms with van der Waals surface area (Å²) in [6, 6.07) is 3.75. The first-order valence-electron chi connectivity index (χ1n) is 12.1. The van der Waals surface area contributed by atoms with E-state index in [-0.39, 0.29) is 11.9 Å². The highest BCUT2D eigenvalue weighted by molar-refractivity contribution is 5.89. The Morgan fingerprint density at radius 1 is 1.00 bits per heavy atom. The molecule has 0 spiro atoms. The molecule has 0 radical (unpaired) electrons. The molecule has 2 aliphatic heterocycles. The van der Waals surface area contributed by atoms with Gasteiger partial charge in [-0.3, -0.25) is 9.69 Å². The second kappa shape index (κ2) is 12.7. The summed E-state index contributed by atoms with van der Waals surface area (Å²) in [7, 11) is 0. The number of aromatic nitrogens is 1. The van der Waals surface area contributed by atoms with Gasteiger partial charge in [0.15, 0.2) is 0 Å². The lowest BCUT2D eigenvalue weighted by atomic mass is 9.96. The summed E-state index contributed by atoms with van der Waals surface area (Å²) >= 11 is 0. The zero-order valence-corrected chi connectivity index (χ0v) is 19.6. The van der Waals surface area contributed by atoms with Crippen molar-refractivity contribution in [3.63, 3.8) is 0 Å². The van der Waals surface area contributed by atoms with Crippen LogP contribution in [0, 0.1) is 5.92 Å². The molecule has 2 saturated heterocycles.